The highest BCUT2D eigenvalue weighted by Crippen LogP contribution is 2.41. The molecular weight excluding hydrogens is 410 g/mol. The maximum atomic E-state index is 12.2. The number of ether oxygens (including phenoxy) is 2. The van der Waals surface area contributed by atoms with Crippen LogP contribution in [0.1, 0.15) is 50.3 Å². The summed E-state index contributed by atoms with van der Waals surface area (Å²) in [7, 11) is 1.65. The number of benzene rings is 2. The summed E-state index contributed by atoms with van der Waals surface area (Å²) in [5, 5.41) is 7.27. The first-order valence-electron chi connectivity index (χ1n) is 10.6. The number of nitrogens with one attached hydrogen (secondary N) is 2. The molecule has 2 aliphatic heterocycles. The second-order valence-corrected chi connectivity index (χ2v) is 9.18. The fourth-order valence-corrected chi connectivity index (χ4v) is 4.55. The van der Waals surface area contributed by atoms with Gasteiger partial charge in [-0.2, -0.15) is 0 Å². The summed E-state index contributed by atoms with van der Waals surface area (Å²) >= 11 is 5.64. The predicted octanol–water partition coefficient (Wildman–Crippen LogP) is 4.72. The fraction of sp³-hybridized carbons (Fsp3) is 0.417. The zero-order valence-electron chi connectivity index (χ0n) is 18.5. The third-order valence-corrected chi connectivity index (χ3v) is 6.03. The Morgan fingerprint density at radius 2 is 2.06 bits per heavy atom. The normalized spacial score (nSPS) is 19.4. The molecule has 1 amide bonds. The van der Waals surface area contributed by atoms with Crippen molar-refractivity contribution in [3.63, 3.8) is 0 Å². The molecule has 1 atom stereocenters. The summed E-state index contributed by atoms with van der Waals surface area (Å²) in [6.45, 7) is 6.93. The van der Waals surface area contributed by atoms with Crippen LogP contribution in [0.5, 0.6) is 11.5 Å². The molecule has 2 N–H and O–H groups in total. The molecule has 31 heavy (non-hydrogen) atoms. The zero-order valence-corrected chi connectivity index (χ0v) is 19.3. The average Bonchev–Trinajstić information content (AvgIpc) is 3.13. The van der Waals surface area contributed by atoms with E-state index in [4.69, 9.17) is 21.7 Å². The third-order valence-electron chi connectivity index (χ3n) is 5.81. The number of anilines is 2. The SMILES string of the molecule is COc1ccc2c(c1)OC(C)(C)CC2NC(=S)Nc1ccc(C)c(N2CCCC2=O)c1. The van der Waals surface area contributed by atoms with E-state index in [-0.39, 0.29) is 17.6 Å². The molecule has 6 nitrogen and oxygen atoms in total. The lowest BCUT2D eigenvalue weighted by Crippen LogP contribution is -2.42. The first kappa shape index (κ1) is 21.4. The number of fused-ring (bicyclic) bond motifs is 1. The van der Waals surface area contributed by atoms with Gasteiger partial charge in [0.25, 0.3) is 0 Å². The van der Waals surface area contributed by atoms with Crippen LogP contribution in [0.25, 0.3) is 0 Å². The average molecular weight is 440 g/mol. The van der Waals surface area contributed by atoms with Crippen molar-refractivity contribution in [1.82, 2.24) is 5.32 Å². The Hall–Kier alpha value is -2.80. The van der Waals surface area contributed by atoms with Crippen molar-refractivity contribution in [2.24, 2.45) is 0 Å². The molecule has 0 radical (unpaired) electrons. The molecule has 2 aromatic carbocycles. The van der Waals surface area contributed by atoms with Crippen LogP contribution in [0.3, 0.4) is 0 Å². The molecule has 1 unspecified atom stereocenters. The Morgan fingerprint density at radius 3 is 2.77 bits per heavy atom. The first-order chi connectivity index (χ1) is 14.8. The van der Waals surface area contributed by atoms with Gasteiger partial charge < -0.3 is 25.0 Å². The zero-order chi connectivity index (χ0) is 22.2. The molecule has 1 saturated heterocycles. The van der Waals surface area contributed by atoms with Crippen molar-refractivity contribution in [2.45, 2.75) is 51.7 Å². The van der Waals surface area contributed by atoms with Crippen LogP contribution in [0.4, 0.5) is 11.4 Å². The molecule has 4 rings (SSSR count). The van der Waals surface area contributed by atoms with Crippen LogP contribution in [-0.4, -0.2) is 30.3 Å². The third kappa shape index (κ3) is 4.61. The van der Waals surface area contributed by atoms with Gasteiger partial charge in [0.15, 0.2) is 5.11 Å². The van der Waals surface area contributed by atoms with Crippen molar-refractivity contribution in [3.05, 3.63) is 47.5 Å². The summed E-state index contributed by atoms with van der Waals surface area (Å²) < 4.78 is 11.5. The van der Waals surface area contributed by atoms with Gasteiger partial charge >= 0.3 is 0 Å². The van der Waals surface area contributed by atoms with Crippen LogP contribution in [0.15, 0.2) is 36.4 Å². The monoisotopic (exact) mass is 439 g/mol. The summed E-state index contributed by atoms with van der Waals surface area (Å²) in [5.41, 5.74) is 3.60. The molecule has 7 heteroatoms. The largest absolute Gasteiger partial charge is 0.497 e. The topological polar surface area (TPSA) is 62.8 Å². The minimum absolute atomic E-state index is 0.00901. The lowest BCUT2D eigenvalue weighted by Gasteiger charge is -2.38. The van der Waals surface area contributed by atoms with Gasteiger partial charge in [-0.3, -0.25) is 4.79 Å². The van der Waals surface area contributed by atoms with E-state index in [2.05, 4.69) is 24.5 Å². The van der Waals surface area contributed by atoms with Crippen LogP contribution in [0, 0.1) is 6.92 Å². The maximum absolute atomic E-state index is 12.2. The molecule has 0 aromatic heterocycles. The molecule has 0 saturated carbocycles. The molecule has 1 fully saturated rings. The van der Waals surface area contributed by atoms with Crippen LogP contribution in [-0.2, 0) is 4.79 Å². The molecular formula is C24H29N3O3S. The highest BCUT2D eigenvalue weighted by molar-refractivity contribution is 7.80. The van der Waals surface area contributed by atoms with Gasteiger partial charge in [0.05, 0.1) is 13.2 Å². The molecule has 2 aromatic rings. The van der Waals surface area contributed by atoms with E-state index in [0.717, 1.165) is 53.4 Å². The van der Waals surface area contributed by atoms with E-state index < -0.39 is 0 Å². The van der Waals surface area contributed by atoms with Gasteiger partial charge in [-0.25, -0.2) is 0 Å². The van der Waals surface area contributed by atoms with E-state index in [9.17, 15) is 4.79 Å². The number of hydrogen-bond acceptors (Lipinski definition) is 4. The summed E-state index contributed by atoms with van der Waals surface area (Å²) in [5.74, 6) is 1.75. The van der Waals surface area contributed by atoms with Gasteiger partial charge in [-0.05, 0) is 69.2 Å². The van der Waals surface area contributed by atoms with Gasteiger partial charge in [0.1, 0.15) is 17.1 Å². The highest BCUT2D eigenvalue weighted by atomic mass is 32.1. The Labute approximate surface area is 188 Å². The number of amides is 1. The molecule has 164 valence electrons. The van der Waals surface area contributed by atoms with E-state index in [1.165, 1.54) is 0 Å². The first-order valence-corrected chi connectivity index (χ1v) is 11.0. The smallest absolute Gasteiger partial charge is 0.227 e. The Kier molecular flexibility index (Phi) is 5.79. The van der Waals surface area contributed by atoms with Crippen molar-refractivity contribution >= 4 is 34.6 Å². The molecule has 0 bridgehead atoms. The minimum atomic E-state index is -0.334. The highest BCUT2D eigenvalue weighted by Gasteiger charge is 2.34. The number of carbonyl (C=O) groups excluding carboxylic acids is 1. The summed E-state index contributed by atoms with van der Waals surface area (Å²) in [6.07, 6.45) is 2.29. The van der Waals surface area contributed by atoms with E-state index >= 15 is 0 Å². The summed E-state index contributed by atoms with van der Waals surface area (Å²) in [6, 6.07) is 11.9. The van der Waals surface area contributed by atoms with Gasteiger partial charge in [0, 0.05) is 42.4 Å². The number of nitrogens with zero attached hydrogens (tertiary/aromatic N) is 1. The van der Waals surface area contributed by atoms with Gasteiger partial charge in [-0.1, -0.05) is 6.07 Å². The predicted molar refractivity (Wildman–Crippen MR) is 127 cm³/mol. The minimum Gasteiger partial charge on any atom is -0.497 e. The number of methoxy groups -OCH3 is 1. The Bertz CT molecular complexity index is 1020. The molecule has 2 heterocycles. The number of carbonyl (C=O) groups is 1. The fourth-order valence-electron chi connectivity index (χ4n) is 4.29. The molecule has 0 aliphatic carbocycles. The van der Waals surface area contributed by atoms with Crippen LogP contribution < -0.4 is 25.0 Å². The molecule has 2 aliphatic rings. The van der Waals surface area contributed by atoms with Gasteiger partial charge in [0.2, 0.25) is 5.91 Å². The van der Waals surface area contributed by atoms with E-state index in [0.29, 0.717) is 11.5 Å². The van der Waals surface area contributed by atoms with Gasteiger partial charge in [-0.15, -0.1) is 0 Å². The number of thiocarbonyl (C=S) groups is 1. The standard InChI is InChI=1S/C24H29N3O3S/c1-15-7-8-16(12-20(15)27-11-5-6-22(27)28)25-23(31)26-19-14-24(2,3)30-21-13-17(29-4)9-10-18(19)21/h7-10,12-13,19H,5-6,11,14H2,1-4H3,(H2,25,26,31). The number of hydrogen-bond donors (Lipinski definition) is 2. The van der Waals surface area contributed by atoms with Crippen molar-refractivity contribution in [3.8, 4) is 11.5 Å². The number of rotatable bonds is 4. The van der Waals surface area contributed by atoms with E-state index in [1.807, 2.05) is 48.2 Å². The van der Waals surface area contributed by atoms with Crippen LogP contribution in [0.2, 0.25) is 0 Å². The van der Waals surface area contributed by atoms with E-state index in [1.54, 1.807) is 7.11 Å². The second kappa shape index (κ2) is 8.38. The summed E-state index contributed by atoms with van der Waals surface area (Å²) in [4.78, 5) is 14.1. The van der Waals surface area contributed by atoms with Crippen LogP contribution >= 0.6 is 12.2 Å². The number of aryl methyl sites for hydroxylation is 1. The lowest BCUT2D eigenvalue weighted by atomic mass is 9.89. The Balaban J connectivity index is 1.51. The van der Waals surface area contributed by atoms with Crippen molar-refractivity contribution in [1.29, 1.82) is 0 Å². The lowest BCUT2D eigenvalue weighted by molar-refractivity contribution is -0.117. The maximum Gasteiger partial charge on any atom is 0.227 e. The quantitative estimate of drug-likeness (QED) is 0.672. The van der Waals surface area contributed by atoms with Crippen molar-refractivity contribution < 1.29 is 14.3 Å². The van der Waals surface area contributed by atoms with Crippen molar-refractivity contribution in [2.75, 3.05) is 23.9 Å². The molecule has 0 spiro atoms. The Morgan fingerprint density at radius 1 is 1.26 bits per heavy atom. The second-order valence-electron chi connectivity index (χ2n) is 8.77.